The number of amides is 2. The number of benzene rings is 4. The summed E-state index contributed by atoms with van der Waals surface area (Å²) < 4.78 is 0. The van der Waals surface area contributed by atoms with Crippen molar-refractivity contribution in [3.63, 3.8) is 0 Å². The van der Waals surface area contributed by atoms with Crippen LogP contribution in [0.2, 0.25) is 10.0 Å². The topological polar surface area (TPSA) is 108 Å². The molecule has 1 unspecified atom stereocenters. The van der Waals surface area contributed by atoms with Crippen LogP contribution in [0.25, 0.3) is 22.0 Å². The lowest BCUT2D eigenvalue weighted by Gasteiger charge is -2.12. The van der Waals surface area contributed by atoms with Crippen molar-refractivity contribution in [2.75, 3.05) is 10.6 Å². The summed E-state index contributed by atoms with van der Waals surface area (Å²) in [5, 5.41) is 19.1. The van der Waals surface area contributed by atoms with E-state index in [-0.39, 0.29) is 17.0 Å². The smallest absolute Gasteiger partial charge is 0.336 e. The first kappa shape index (κ1) is 28.6. The summed E-state index contributed by atoms with van der Waals surface area (Å²) in [4.78, 5) is 42.9. The van der Waals surface area contributed by atoms with Crippen molar-refractivity contribution in [2.24, 2.45) is 0 Å². The molecule has 1 heterocycles. The number of rotatable bonds is 8. The number of anilines is 2. The van der Waals surface area contributed by atoms with Crippen LogP contribution in [-0.2, 0) is 4.79 Å². The number of hydrogen-bond donors (Lipinski definition) is 3. The van der Waals surface area contributed by atoms with Gasteiger partial charge in [-0.05, 0) is 60.8 Å². The Labute approximate surface area is 253 Å². The molecule has 0 spiro atoms. The third-order valence-electron chi connectivity index (χ3n) is 6.12. The zero-order valence-electron chi connectivity index (χ0n) is 21.4. The fraction of sp³-hybridized carbons (Fsp3) is 0.0667. The standard InChI is InChI=1S/C30H21Cl2N3O4S2/c1-16(27(36)35-30-34-25(15-40-30)18-8-13-23(31)24(32)14-18)41-20-11-9-19(10-12-20)33-28(37)21-6-2-4-17-5-3-7-22(26(17)21)29(38)39/h2-16H,1H3,(H,33,37)(H,38,39)(H,34,35,36). The molecule has 0 radical (unpaired) electrons. The summed E-state index contributed by atoms with van der Waals surface area (Å²) in [5.74, 6) is -1.72. The second-order valence-corrected chi connectivity index (χ2v) is 12.0. The molecule has 1 aromatic heterocycles. The van der Waals surface area contributed by atoms with E-state index in [1.807, 2.05) is 23.6 Å². The van der Waals surface area contributed by atoms with Gasteiger partial charge in [0.15, 0.2) is 5.13 Å². The van der Waals surface area contributed by atoms with Crippen LogP contribution in [0.1, 0.15) is 27.6 Å². The molecule has 2 amide bonds. The van der Waals surface area contributed by atoms with Crippen molar-refractivity contribution in [2.45, 2.75) is 17.1 Å². The number of fused-ring (bicyclic) bond motifs is 1. The van der Waals surface area contributed by atoms with Gasteiger partial charge in [-0.3, -0.25) is 9.59 Å². The SMILES string of the molecule is CC(Sc1ccc(NC(=O)c2cccc3cccc(C(=O)O)c23)cc1)C(=O)Nc1nc(-c2ccc(Cl)c(Cl)c2)cs1. The second kappa shape index (κ2) is 12.3. The molecule has 1 atom stereocenters. The molecule has 3 N–H and O–H groups in total. The summed E-state index contributed by atoms with van der Waals surface area (Å²) in [7, 11) is 0. The number of nitrogens with zero attached hydrogens (tertiary/aromatic N) is 1. The van der Waals surface area contributed by atoms with Gasteiger partial charge in [-0.1, -0.05) is 53.5 Å². The van der Waals surface area contributed by atoms with Gasteiger partial charge < -0.3 is 15.7 Å². The first-order chi connectivity index (χ1) is 19.7. The third-order valence-corrected chi connectivity index (χ3v) is 8.73. The molecule has 4 aromatic carbocycles. The lowest BCUT2D eigenvalue weighted by molar-refractivity contribution is -0.115. The van der Waals surface area contributed by atoms with Crippen molar-refractivity contribution < 1.29 is 19.5 Å². The Morgan fingerprint density at radius 2 is 1.61 bits per heavy atom. The molecule has 0 bridgehead atoms. The van der Waals surface area contributed by atoms with E-state index >= 15 is 0 Å². The maximum Gasteiger partial charge on any atom is 0.336 e. The fourth-order valence-corrected chi connectivity index (χ4v) is 6.00. The number of aromatic carboxylic acids is 1. The molecule has 0 fully saturated rings. The number of carbonyl (C=O) groups excluding carboxylic acids is 2. The van der Waals surface area contributed by atoms with Crippen LogP contribution in [-0.4, -0.2) is 33.1 Å². The average Bonchev–Trinajstić information content (AvgIpc) is 3.43. The highest BCUT2D eigenvalue weighted by Gasteiger charge is 2.18. The van der Waals surface area contributed by atoms with E-state index in [2.05, 4.69) is 15.6 Å². The molecule has 0 aliphatic rings. The van der Waals surface area contributed by atoms with E-state index in [0.29, 0.717) is 37.3 Å². The highest BCUT2D eigenvalue weighted by Crippen LogP contribution is 2.32. The lowest BCUT2D eigenvalue weighted by atomic mass is 9.98. The maximum absolute atomic E-state index is 13.1. The maximum atomic E-state index is 13.1. The van der Waals surface area contributed by atoms with E-state index in [4.69, 9.17) is 23.2 Å². The van der Waals surface area contributed by atoms with E-state index < -0.39 is 17.1 Å². The molecule has 5 rings (SSSR count). The zero-order valence-corrected chi connectivity index (χ0v) is 24.5. The zero-order chi connectivity index (χ0) is 29.1. The third kappa shape index (κ3) is 6.55. The Bertz CT molecular complexity index is 1790. The monoisotopic (exact) mass is 621 g/mol. The Morgan fingerprint density at radius 3 is 2.29 bits per heavy atom. The predicted octanol–water partition coefficient (Wildman–Crippen LogP) is 8.34. The molecule has 0 saturated heterocycles. The number of thioether (sulfide) groups is 1. The van der Waals surface area contributed by atoms with Gasteiger partial charge in [-0.15, -0.1) is 23.1 Å². The van der Waals surface area contributed by atoms with Crippen LogP contribution in [0.4, 0.5) is 10.8 Å². The van der Waals surface area contributed by atoms with Gasteiger partial charge in [0.2, 0.25) is 5.91 Å². The van der Waals surface area contributed by atoms with Crippen molar-refractivity contribution in [1.29, 1.82) is 0 Å². The van der Waals surface area contributed by atoms with Gasteiger partial charge in [0.25, 0.3) is 5.91 Å². The minimum atomic E-state index is -1.10. The first-order valence-corrected chi connectivity index (χ1v) is 14.8. The van der Waals surface area contributed by atoms with Crippen molar-refractivity contribution >= 4 is 85.7 Å². The van der Waals surface area contributed by atoms with Crippen LogP contribution in [0.5, 0.6) is 0 Å². The van der Waals surface area contributed by atoms with Gasteiger partial charge in [0.1, 0.15) is 0 Å². The van der Waals surface area contributed by atoms with E-state index in [1.54, 1.807) is 61.5 Å². The quantitative estimate of drug-likeness (QED) is 0.150. The van der Waals surface area contributed by atoms with Crippen molar-refractivity contribution in [3.8, 4) is 11.3 Å². The molecular weight excluding hydrogens is 601 g/mol. The van der Waals surface area contributed by atoms with Crippen LogP contribution in [0.15, 0.2) is 89.1 Å². The molecule has 0 saturated carbocycles. The predicted molar refractivity (Wildman–Crippen MR) is 167 cm³/mol. The molecule has 0 aliphatic heterocycles. The summed E-state index contributed by atoms with van der Waals surface area (Å²) in [6, 6.07) is 22.3. The van der Waals surface area contributed by atoms with Gasteiger partial charge in [-0.2, -0.15) is 0 Å². The molecule has 206 valence electrons. The molecular formula is C30H21Cl2N3O4S2. The fourth-order valence-electron chi connectivity index (χ4n) is 4.11. The number of hydrogen-bond acceptors (Lipinski definition) is 6. The van der Waals surface area contributed by atoms with Gasteiger partial charge in [0.05, 0.1) is 26.6 Å². The van der Waals surface area contributed by atoms with Gasteiger partial charge in [-0.25, -0.2) is 9.78 Å². The van der Waals surface area contributed by atoms with Crippen LogP contribution in [0.3, 0.4) is 0 Å². The van der Waals surface area contributed by atoms with Gasteiger partial charge >= 0.3 is 5.97 Å². The number of halogens is 2. The average molecular weight is 623 g/mol. The van der Waals surface area contributed by atoms with Crippen LogP contribution >= 0.6 is 46.3 Å². The second-order valence-electron chi connectivity index (χ2n) is 8.91. The van der Waals surface area contributed by atoms with Crippen LogP contribution in [0, 0.1) is 0 Å². The minimum absolute atomic E-state index is 0.0654. The summed E-state index contributed by atoms with van der Waals surface area (Å²) in [6.45, 7) is 1.80. The van der Waals surface area contributed by atoms with E-state index in [1.165, 1.54) is 29.2 Å². The largest absolute Gasteiger partial charge is 0.478 e. The Morgan fingerprint density at radius 1 is 0.902 bits per heavy atom. The highest BCUT2D eigenvalue weighted by atomic mass is 35.5. The Kier molecular flexibility index (Phi) is 8.60. The van der Waals surface area contributed by atoms with Crippen molar-refractivity contribution in [1.82, 2.24) is 4.98 Å². The minimum Gasteiger partial charge on any atom is -0.478 e. The molecule has 11 heteroatoms. The number of aromatic nitrogens is 1. The number of nitrogens with one attached hydrogen (secondary N) is 2. The molecule has 7 nitrogen and oxygen atoms in total. The molecule has 0 aliphatic carbocycles. The first-order valence-electron chi connectivity index (χ1n) is 12.2. The number of carboxylic acid groups (broad SMARTS) is 1. The normalized spacial score (nSPS) is 11.7. The van der Waals surface area contributed by atoms with E-state index in [9.17, 15) is 19.5 Å². The Balaban J connectivity index is 1.21. The number of carboxylic acids is 1. The van der Waals surface area contributed by atoms with Gasteiger partial charge in [0, 0.05) is 32.5 Å². The summed E-state index contributed by atoms with van der Waals surface area (Å²) >= 11 is 14.8. The lowest BCUT2D eigenvalue weighted by Crippen LogP contribution is -2.22. The Hall–Kier alpha value is -3.89. The number of carbonyl (C=O) groups is 3. The molecule has 41 heavy (non-hydrogen) atoms. The number of thiazole rings is 1. The summed E-state index contributed by atoms with van der Waals surface area (Å²) in [6.07, 6.45) is 0. The van der Waals surface area contributed by atoms with Crippen molar-refractivity contribution in [3.05, 3.63) is 105 Å². The van der Waals surface area contributed by atoms with E-state index in [0.717, 1.165) is 10.5 Å². The highest BCUT2D eigenvalue weighted by molar-refractivity contribution is 8.00. The molecule has 5 aromatic rings. The van der Waals surface area contributed by atoms with Crippen LogP contribution < -0.4 is 10.6 Å². The summed E-state index contributed by atoms with van der Waals surface area (Å²) in [5.41, 5.74) is 2.36.